The summed E-state index contributed by atoms with van der Waals surface area (Å²) in [5.74, 6) is 0. The molecule has 0 unspecified atom stereocenters. The molecule has 0 aliphatic carbocycles. The summed E-state index contributed by atoms with van der Waals surface area (Å²) in [5.41, 5.74) is 0. The van der Waals surface area contributed by atoms with E-state index in [1.165, 1.54) is 0 Å². The predicted molar refractivity (Wildman–Crippen MR) is 30.5 cm³/mol. The van der Waals surface area contributed by atoms with Gasteiger partial charge in [-0.2, -0.15) is 0 Å². The van der Waals surface area contributed by atoms with Crippen molar-refractivity contribution in [3.05, 3.63) is 0 Å². The van der Waals surface area contributed by atoms with E-state index in [0.29, 0.717) is 0 Å². The molecular weight excluding hydrogens is 997 g/mol. The van der Waals surface area contributed by atoms with Crippen LogP contribution in [0, 0.1) is 0 Å². The number of rotatable bonds is 4. The van der Waals surface area contributed by atoms with E-state index in [1.807, 2.05) is 0 Å². The average Bonchev–Trinajstić information content (AvgIpc) is 1.58. The second-order valence-corrected chi connectivity index (χ2v) is 4.33. The first-order chi connectivity index (χ1) is 4.52. The third kappa shape index (κ3) is 17.6. The van der Waals surface area contributed by atoms with Gasteiger partial charge in [0, 0.05) is 0 Å². The standard InChI is InChI=1S/H5O7Si3.3Rf/c1-8(2)6-10(5)7-9(3)4;;;/h1-5H;;;. The zero-order valence-electron chi connectivity index (χ0n) is 6.67. The van der Waals surface area contributed by atoms with Gasteiger partial charge in [-0.3, -0.25) is 0 Å². The van der Waals surface area contributed by atoms with Gasteiger partial charge < -0.3 is 32.2 Å². The van der Waals surface area contributed by atoms with Crippen LogP contribution >= 0.6 is 0 Å². The van der Waals surface area contributed by atoms with E-state index in [1.54, 1.807) is 0 Å². The Morgan fingerprint density at radius 3 is 1.00 bits per heavy atom. The Morgan fingerprint density at radius 2 is 0.846 bits per heavy atom. The predicted octanol–water partition coefficient (Wildman–Crippen LogP) is -4.06. The first-order valence-electron chi connectivity index (χ1n) is 1.93. The summed E-state index contributed by atoms with van der Waals surface area (Å²) in [5, 5.41) is 0. The zero-order chi connectivity index (χ0) is 8.15. The molecule has 0 aliphatic heterocycles. The van der Waals surface area contributed by atoms with E-state index in [2.05, 4.69) is 8.23 Å². The van der Waals surface area contributed by atoms with Crippen molar-refractivity contribution in [3.63, 3.8) is 0 Å². The molecule has 0 rings (SSSR count). The van der Waals surface area contributed by atoms with Crippen LogP contribution in [0.5, 0.6) is 0 Å². The Morgan fingerprint density at radius 1 is 0.615 bits per heavy atom. The molecule has 3 radical (unpaired) electrons. The zero-order valence-corrected chi connectivity index (χ0v) is 28.9. The van der Waals surface area contributed by atoms with Crippen LogP contribution in [0.3, 0.4) is 0 Å². The molecule has 0 fully saturated rings. The van der Waals surface area contributed by atoms with Gasteiger partial charge in [-0.15, -0.1) is 0 Å². The van der Waals surface area contributed by atoms with E-state index in [0.717, 1.165) is 0 Å². The molecule has 0 amide bonds. The van der Waals surface area contributed by atoms with Crippen LogP contribution in [0.15, 0.2) is 0 Å². The molecule has 13 heavy (non-hydrogen) atoms. The normalized spacial score (nSPS) is 9.23. The van der Waals surface area contributed by atoms with Crippen molar-refractivity contribution in [3.8, 4) is 0 Å². The van der Waals surface area contributed by atoms with E-state index < -0.39 is 28.6 Å². The van der Waals surface area contributed by atoms with Crippen LogP contribution in [0.25, 0.3) is 0 Å². The Hall–Kier alpha value is -2.63. The molecule has 65 valence electrons. The third-order valence-electron chi connectivity index (χ3n) is 0.357. The Bertz CT molecular complexity index is 81.1. The van der Waals surface area contributed by atoms with Crippen molar-refractivity contribution < 1.29 is 32.2 Å². The molecule has 0 aromatic rings. The molecule has 5 N–H and O–H groups in total. The van der Waals surface area contributed by atoms with Crippen LogP contribution in [0.2, 0.25) is 0 Å². The number of hydrogen-bond donors (Lipinski definition) is 5. The van der Waals surface area contributed by atoms with Gasteiger partial charge in [-0.25, -0.2) is 0 Å². The second kappa shape index (κ2) is 9.37. The van der Waals surface area contributed by atoms with Gasteiger partial charge in [0.05, 0.1) is 0 Å². The van der Waals surface area contributed by atoms with Gasteiger partial charge in [0.2, 0.25) is 0 Å². The first kappa shape index (κ1) is 22.4. The largest absolute Gasteiger partial charge is 0.563 e. The molecule has 0 heterocycles. The maximum absolute atomic E-state index is 8.46. The molecule has 0 bridgehead atoms. The molecule has 7 nitrogen and oxygen atoms in total. The summed E-state index contributed by atoms with van der Waals surface area (Å²) >= 11 is 0. The fourth-order valence-electron chi connectivity index (χ4n) is 0.177. The molecule has 13 heteroatoms. The molecular formula is H5O7Rf3Si3. The summed E-state index contributed by atoms with van der Waals surface area (Å²) in [7, 11) is -8.93. The van der Waals surface area contributed by atoms with Gasteiger partial charge in [0.25, 0.3) is 0 Å². The van der Waals surface area contributed by atoms with Crippen molar-refractivity contribution in [2.45, 2.75) is 0 Å². The van der Waals surface area contributed by atoms with Crippen LogP contribution in [-0.2, 0) is 8.23 Å². The third-order valence-corrected chi connectivity index (χ3v) is 3.21. The number of hydrogen-bond acceptors (Lipinski definition) is 7. The van der Waals surface area contributed by atoms with Gasteiger partial charge in [-0.1, -0.05) is 0 Å². The van der Waals surface area contributed by atoms with Gasteiger partial charge in [-0.05, 0) is 0 Å². The smallest absolute Gasteiger partial charge is 0.388 e. The monoisotopic (exact) mass is 1000 g/mol. The second-order valence-electron chi connectivity index (χ2n) is 1.04. The van der Waals surface area contributed by atoms with Gasteiger partial charge >= 0.3 is 28.6 Å². The van der Waals surface area contributed by atoms with Crippen LogP contribution in [0.4, 0.5) is 0 Å². The van der Waals surface area contributed by atoms with Crippen LogP contribution in [-0.4, -0.2) is 52.6 Å². The Balaban J connectivity index is -0.000000135. The summed E-state index contributed by atoms with van der Waals surface area (Å²) in [6.07, 6.45) is 0. The van der Waals surface area contributed by atoms with Crippen molar-refractivity contribution in [2.24, 2.45) is 0 Å². The molecule has 0 saturated carbocycles. The van der Waals surface area contributed by atoms with Gasteiger partial charge in [0.15, 0.2) is 0 Å². The van der Waals surface area contributed by atoms with Crippen LogP contribution in [0.1, 0.15) is 0 Å². The first-order valence-corrected chi connectivity index (χ1v) is 5.80. The molecule has 0 aromatic carbocycles. The van der Waals surface area contributed by atoms with Crippen molar-refractivity contribution in [1.29, 1.82) is 0 Å². The van der Waals surface area contributed by atoms with E-state index in [-0.39, 0.29) is 0 Å². The summed E-state index contributed by atoms with van der Waals surface area (Å²) in [4.78, 5) is 40.9. The minimum absolute atomic E-state index is 0. The van der Waals surface area contributed by atoms with E-state index >= 15 is 0 Å². The Kier molecular flexibility index (Phi) is 16.2. The molecule has 0 spiro atoms. The van der Waals surface area contributed by atoms with E-state index in [4.69, 9.17) is 24.0 Å². The molecule has 0 aromatic heterocycles. The quantitative estimate of drug-likeness (QED) is 0.182. The summed E-state index contributed by atoms with van der Waals surface area (Å²) in [6.45, 7) is 0. The van der Waals surface area contributed by atoms with Crippen molar-refractivity contribution in [2.75, 3.05) is 0 Å². The molecule has 0 saturated heterocycles. The minimum Gasteiger partial charge on any atom is -0.388 e. The SMILES string of the molecule is O[Si](O)O[Si](O)O[Si](O)O.[Rf].[Rf].[Rf]. The topological polar surface area (TPSA) is 120 Å². The van der Waals surface area contributed by atoms with Crippen molar-refractivity contribution >= 4 is 28.6 Å². The van der Waals surface area contributed by atoms with Crippen LogP contribution < -0.4 is 0 Å². The Labute approximate surface area is 61.6 Å². The van der Waals surface area contributed by atoms with E-state index in [9.17, 15) is 0 Å². The van der Waals surface area contributed by atoms with Crippen molar-refractivity contribution in [1.82, 2.24) is 0 Å². The fourth-order valence-corrected chi connectivity index (χ4v) is 1.97. The maximum atomic E-state index is 8.46. The molecule has 0 atom stereocenters. The van der Waals surface area contributed by atoms with Gasteiger partial charge in [0.1, 0.15) is 0 Å². The average molecular weight is 1000 g/mol. The maximum Gasteiger partial charge on any atom is 0.563 e. The molecule has 0 aliphatic rings. The minimum atomic E-state index is -3.01. The summed E-state index contributed by atoms with van der Waals surface area (Å²) in [6, 6.07) is 0. The summed E-state index contributed by atoms with van der Waals surface area (Å²) < 4.78 is 7.83. The fraction of sp³-hybridized carbons (Fsp3) is 0.